The van der Waals surface area contributed by atoms with Crippen molar-refractivity contribution in [1.29, 1.82) is 5.26 Å². The number of methoxy groups -OCH3 is 1. The first-order chi connectivity index (χ1) is 19.2. The molecule has 1 N–H and O–H groups in total. The molecule has 8 nitrogen and oxygen atoms in total. The highest BCUT2D eigenvalue weighted by Gasteiger charge is 2.32. The van der Waals surface area contributed by atoms with Crippen molar-refractivity contribution in [3.8, 4) is 11.8 Å². The van der Waals surface area contributed by atoms with Crippen LogP contribution in [-0.2, 0) is 16.1 Å². The molecule has 3 aromatic rings. The van der Waals surface area contributed by atoms with Crippen LogP contribution in [0.2, 0.25) is 0 Å². The minimum atomic E-state index is -0.466. The summed E-state index contributed by atoms with van der Waals surface area (Å²) in [5.74, 6) is 0.0797. The Kier molecular flexibility index (Phi) is 9.30. The number of nitriles is 1. The molecule has 1 amide bonds. The number of esters is 1. The fourth-order valence-corrected chi connectivity index (χ4v) is 5.13. The van der Waals surface area contributed by atoms with Crippen molar-refractivity contribution in [1.82, 2.24) is 14.8 Å². The standard InChI is InChI=1S/C31H33ClN4O4/c1-5-40-31(38)26-14-15-36(20(2)3)29(26)28(23-10-6-21(17-33)7-11-23)34-24-16-27(32)30(37)35(19-24)18-22-8-12-25(39-4)13-9-22/h6-16,20,24,28,34H,5,18-19H2,1-4H3. The number of hydrogen-bond acceptors (Lipinski definition) is 6. The number of benzene rings is 2. The van der Waals surface area contributed by atoms with Gasteiger partial charge in [-0.1, -0.05) is 35.9 Å². The third-order valence-corrected chi connectivity index (χ3v) is 7.11. The van der Waals surface area contributed by atoms with Crippen LogP contribution in [0.3, 0.4) is 0 Å². The van der Waals surface area contributed by atoms with E-state index in [9.17, 15) is 14.9 Å². The topological polar surface area (TPSA) is 96.6 Å². The van der Waals surface area contributed by atoms with Gasteiger partial charge < -0.3 is 18.9 Å². The number of nitrogens with one attached hydrogen (secondary N) is 1. The lowest BCUT2D eigenvalue weighted by Gasteiger charge is -2.34. The van der Waals surface area contributed by atoms with Crippen molar-refractivity contribution in [2.45, 2.75) is 45.4 Å². The van der Waals surface area contributed by atoms with Crippen molar-refractivity contribution < 1.29 is 19.1 Å². The van der Waals surface area contributed by atoms with Crippen LogP contribution in [0.1, 0.15) is 65.6 Å². The van der Waals surface area contributed by atoms with Crippen molar-refractivity contribution in [2.24, 2.45) is 0 Å². The first-order valence-electron chi connectivity index (χ1n) is 13.2. The van der Waals surface area contributed by atoms with Crippen LogP contribution in [-0.4, -0.2) is 47.6 Å². The van der Waals surface area contributed by atoms with Gasteiger partial charge in [-0.2, -0.15) is 5.26 Å². The molecule has 0 aliphatic carbocycles. The van der Waals surface area contributed by atoms with E-state index in [0.717, 1.165) is 22.6 Å². The molecular formula is C31H33ClN4O4. The third kappa shape index (κ3) is 6.39. The van der Waals surface area contributed by atoms with Gasteiger partial charge in [0, 0.05) is 31.4 Å². The Labute approximate surface area is 239 Å². The van der Waals surface area contributed by atoms with Crippen molar-refractivity contribution >= 4 is 23.5 Å². The maximum atomic E-state index is 13.0. The normalized spacial score (nSPS) is 15.9. The van der Waals surface area contributed by atoms with Gasteiger partial charge in [0.25, 0.3) is 5.91 Å². The van der Waals surface area contributed by atoms with E-state index < -0.39 is 12.0 Å². The number of hydrogen-bond donors (Lipinski definition) is 1. The fourth-order valence-electron chi connectivity index (χ4n) is 4.85. The lowest BCUT2D eigenvalue weighted by molar-refractivity contribution is -0.128. The molecule has 1 aromatic heterocycles. The zero-order valence-corrected chi connectivity index (χ0v) is 23.8. The smallest absolute Gasteiger partial charge is 0.340 e. The summed E-state index contributed by atoms with van der Waals surface area (Å²) in [5, 5.41) is 13.1. The van der Waals surface area contributed by atoms with Gasteiger partial charge in [-0.15, -0.1) is 0 Å². The van der Waals surface area contributed by atoms with Crippen LogP contribution < -0.4 is 10.1 Å². The molecule has 0 fully saturated rings. The van der Waals surface area contributed by atoms with Crippen LogP contribution in [0, 0.1) is 11.3 Å². The minimum Gasteiger partial charge on any atom is -0.497 e. The molecule has 2 heterocycles. The van der Waals surface area contributed by atoms with Crippen LogP contribution in [0.5, 0.6) is 5.75 Å². The summed E-state index contributed by atoms with van der Waals surface area (Å²) < 4.78 is 12.7. The first kappa shape index (κ1) is 28.9. The van der Waals surface area contributed by atoms with Gasteiger partial charge in [0.1, 0.15) is 10.8 Å². The number of carbonyl (C=O) groups excluding carboxylic acids is 2. The van der Waals surface area contributed by atoms with E-state index in [1.165, 1.54) is 0 Å². The molecule has 1 aliphatic rings. The maximum Gasteiger partial charge on any atom is 0.340 e. The third-order valence-electron chi connectivity index (χ3n) is 6.82. The van der Waals surface area contributed by atoms with Crippen LogP contribution >= 0.6 is 11.6 Å². The summed E-state index contributed by atoms with van der Waals surface area (Å²) >= 11 is 6.46. The molecule has 9 heteroatoms. The molecule has 0 saturated heterocycles. The lowest BCUT2D eigenvalue weighted by atomic mass is 9.97. The number of carbonyl (C=O) groups is 2. The summed E-state index contributed by atoms with van der Waals surface area (Å²) in [7, 11) is 1.61. The molecular weight excluding hydrogens is 528 g/mol. The summed E-state index contributed by atoms with van der Waals surface area (Å²) in [6, 6.07) is 18.0. The molecule has 0 saturated carbocycles. The second-order valence-corrected chi connectivity index (χ2v) is 10.2. The molecule has 4 rings (SSSR count). The Balaban J connectivity index is 1.72. The van der Waals surface area contributed by atoms with Gasteiger partial charge in [-0.05, 0) is 68.3 Å². The zero-order valence-electron chi connectivity index (χ0n) is 23.1. The van der Waals surface area contributed by atoms with Crippen LogP contribution in [0.15, 0.2) is 71.9 Å². The second-order valence-electron chi connectivity index (χ2n) is 9.82. The molecule has 0 radical (unpaired) electrons. The SMILES string of the molecule is CCOC(=O)c1ccn(C(C)C)c1C(NC1C=C(Cl)C(=O)N(Cc2ccc(OC)cc2)C1)c1ccc(C#N)cc1. The van der Waals surface area contributed by atoms with Gasteiger partial charge in [0.15, 0.2) is 0 Å². The van der Waals surface area contributed by atoms with Gasteiger partial charge in [-0.25, -0.2) is 4.79 Å². The summed E-state index contributed by atoms with van der Waals surface area (Å²) in [4.78, 5) is 27.7. The van der Waals surface area contributed by atoms with E-state index in [0.29, 0.717) is 24.2 Å². The fraction of sp³-hybridized carbons (Fsp3) is 0.323. The summed E-state index contributed by atoms with van der Waals surface area (Å²) in [6.45, 7) is 6.86. The Morgan fingerprint density at radius 2 is 1.85 bits per heavy atom. The lowest BCUT2D eigenvalue weighted by Crippen LogP contribution is -2.47. The molecule has 2 unspecified atom stereocenters. The van der Waals surface area contributed by atoms with Crippen molar-refractivity contribution in [3.63, 3.8) is 0 Å². The van der Waals surface area contributed by atoms with Gasteiger partial charge in [0.2, 0.25) is 0 Å². The van der Waals surface area contributed by atoms with E-state index in [1.807, 2.05) is 61.0 Å². The monoisotopic (exact) mass is 560 g/mol. The largest absolute Gasteiger partial charge is 0.497 e. The average molecular weight is 561 g/mol. The highest BCUT2D eigenvalue weighted by molar-refractivity contribution is 6.42. The quantitative estimate of drug-likeness (QED) is 0.336. The van der Waals surface area contributed by atoms with Gasteiger partial charge >= 0.3 is 5.97 Å². The number of rotatable bonds is 10. The molecule has 40 heavy (non-hydrogen) atoms. The molecule has 2 atom stereocenters. The molecule has 1 aliphatic heterocycles. The van der Waals surface area contributed by atoms with Gasteiger partial charge in [0.05, 0.1) is 42.6 Å². The molecule has 0 spiro atoms. The van der Waals surface area contributed by atoms with Gasteiger partial charge in [-0.3, -0.25) is 10.1 Å². The molecule has 0 bridgehead atoms. The molecule has 2 aromatic carbocycles. The molecule has 208 valence electrons. The number of halogens is 1. The van der Waals surface area contributed by atoms with E-state index in [1.54, 1.807) is 43.2 Å². The van der Waals surface area contributed by atoms with Crippen LogP contribution in [0.25, 0.3) is 0 Å². The average Bonchev–Trinajstić information content (AvgIpc) is 3.40. The number of aromatic nitrogens is 1. The van der Waals surface area contributed by atoms with E-state index in [4.69, 9.17) is 21.1 Å². The van der Waals surface area contributed by atoms with E-state index in [-0.39, 0.29) is 29.6 Å². The predicted molar refractivity (Wildman–Crippen MR) is 153 cm³/mol. The highest BCUT2D eigenvalue weighted by atomic mass is 35.5. The second kappa shape index (κ2) is 12.9. The Morgan fingerprint density at radius 1 is 1.15 bits per heavy atom. The number of ether oxygens (including phenoxy) is 2. The van der Waals surface area contributed by atoms with E-state index in [2.05, 4.69) is 11.4 Å². The Morgan fingerprint density at radius 3 is 2.45 bits per heavy atom. The Hall–Kier alpha value is -4.06. The van der Waals surface area contributed by atoms with Crippen LogP contribution in [0.4, 0.5) is 0 Å². The van der Waals surface area contributed by atoms with Crippen molar-refractivity contribution in [3.05, 3.63) is 99.9 Å². The highest BCUT2D eigenvalue weighted by Crippen LogP contribution is 2.31. The summed E-state index contributed by atoms with van der Waals surface area (Å²) in [5.41, 5.74) is 3.52. The first-order valence-corrected chi connectivity index (χ1v) is 13.6. The van der Waals surface area contributed by atoms with E-state index >= 15 is 0 Å². The predicted octanol–water partition coefficient (Wildman–Crippen LogP) is 5.34. The number of nitrogens with zero attached hydrogens (tertiary/aromatic N) is 3. The minimum absolute atomic E-state index is 0.0551. The number of amides is 1. The summed E-state index contributed by atoms with van der Waals surface area (Å²) in [6.07, 6.45) is 3.60. The zero-order chi connectivity index (χ0) is 28.8. The van der Waals surface area contributed by atoms with Crippen molar-refractivity contribution in [2.75, 3.05) is 20.3 Å². The Bertz CT molecular complexity index is 1420. The maximum absolute atomic E-state index is 13.0.